The average Bonchev–Trinajstić information content (AvgIpc) is 3.43. The van der Waals surface area contributed by atoms with Gasteiger partial charge in [-0.2, -0.15) is 10.2 Å². The van der Waals surface area contributed by atoms with Crippen molar-refractivity contribution in [2.24, 2.45) is 0 Å². The second-order valence-corrected chi connectivity index (χ2v) is 9.08. The Balaban J connectivity index is 1.42. The van der Waals surface area contributed by atoms with Gasteiger partial charge in [0.15, 0.2) is 22.3 Å². The number of carboxylic acids is 1. The Kier molecular flexibility index (Phi) is 4.83. The highest BCUT2D eigenvalue weighted by atomic mass is 35.5. The van der Waals surface area contributed by atoms with E-state index in [9.17, 15) is 9.59 Å². The molecule has 1 aliphatic carbocycles. The van der Waals surface area contributed by atoms with Crippen molar-refractivity contribution in [1.82, 2.24) is 34.6 Å². The zero-order chi connectivity index (χ0) is 23.5. The third kappa shape index (κ3) is 3.58. The van der Waals surface area contributed by atoms with E-state index in [1.807, 2.05) is 13.8 Å². The standard InChI is InChI=1S/C20H16Cl2N8O3/c1-20(2)5-10(11-7-23-15-4-14(22)28-29(15)16(11)20)18(31)26-9-3-12(21)17(24-6-9)30-25-8-13(27-30)19(32)33/h3-4,6-8,10H,5H2,1-2H3,(H,26,31)(H,32,33). The van der Waals surface area contributed by atoms with Gasteiger partial charge in [-0.15, -0.1) is 9.90 Å². The molecule has 5 rings (SSSR count). The van der Waals surface area contributed by atoms with Gasteiger partial charge in [0, 0.05) is 23.2 Å². The number of nitrogens with zero attached hydrogens (tertiary/aromatic N) is 7. The fourth-order valence-corrected chi connectivity index (χ4v) is 4.56. The van der Waals surface area contributed by atoms with Crippen molar-refractivity contribution >= 4 is 46.4 Å². The van der Waals surface area contributed by atoms with Crippen LogP contribution in [0.1, 0.15) is 47.9 Å². The van der Waals surface area contributed by atoms with Crippen LogP contribution in [0.2, 0.25) is 10.2 Å². The van der Waals surface area contributed by atoms with Crippen LogP contribution < -0.4 is 5.32 Å². The maximum Gasteiger partial charge on any atom is 0.358 e. The van der Waals surface area contributed by atoms with E-state index in [0.717, 1.165) is 22.3 Å². The van der Waals surface area contributed by atoms with Crippen molar-refractivity contribution in [3.8, 4) is 5.82 Å². The van der Waals surface area contributed by atoms with E-state index in [4.69, 9.17) is 28.3 Å². The summed E-state index contributed by atoms with van der Waals surface area (Å²) >= 11 is 12.4. The van der Waals surface area contributed by atoms with Crippen LogP contribution in [0.4, 0.5) is 5.69 Å². The van der Waals surface area contributed by atoms with E-state index < -0.39 is 11.9 Å². The second-order valence-electron chi connectivity index (χ2n) is 8.28. The van der Waals surface area contributed by atoms with Crippen molar-refractivity contribution in [2.75, 3.05) is 5.32 Å². The van der Waals surface area contributed by atoms with Crippen molar-refractivity contribution in [2.45, 2.75) is 31.6 Å². The summed E-state index contributed by atoms with van der Waals surface area (Å²) in [6.07, 6.45) is 4.74. The minimum atomic E-state index is -1.22. The van der Waals surface area contributed by atoms with E-state index in [1.54, 1.807) is 16.8 Å². The molecule has 13 heteroatoms. The molecule has 11 nitrogen and oxygen atoms in total. The zero-order valence-electron chi connectivity index (χ0n) is 17.3. The summed E-state index contributed by atoms with van der Waals surface area (Å²) in [6, 6.07) is 3.18. The number of carbonyl (C=O) groups is 2. The van der Waals surface area contributed by atoms with Gasteiger partial charge in [0.2, 0.25) is 5.91 Å². The summed E-state index contributed by atoms with van der Waals surface area (Å²) in [6.45, 7) is 4.09. The molecule has 0 fully saturated rings. The summed E-state index contributed by atoms with van der Waals surface area (Å²) in [7, 11) is 0. The average molecular weight is 487 g/mol. The fraction of sp³-hybridized carbons (Fsp3) is 0.250. The molecule has 4 aromatic heterocycles. The number of aromatic carboxylic acids is 1. The van der Waals surface area contributed by atoms with Gasteiger partial charge < -0.3 is 10.4 Å². The van der Waals surface area contributed by atoms with Gasteiger partial charge in [-0.3, -0.25) is 4.79 Å². The Morgan fingerprint density at radius 1 is 1.15 bits per heavy atom. The van der Waals surface area contributed by atoms with E-state index in [2.05, 4.69) is 30.6 Å². The maximum atomic E-state index is 13.2. The van der Waals surface area contributed by atoms with Crippen LogP contribution in [0, 0.1) is 0 Å². The molecular weight excluding hydrogens is 471 g/mol. The number of pyridine rings is 1. The van der Waals surface area contributed by atoms with E-state index >= 15 is 0 Å². The van der Waals surface area contributed by atoms with Crippen molar-refractivity contribution < 1.29 is 14.7 Å². The van der Waals surface area contributed by atoms with Crippen LogP contribution in [0.5, 0.6) is 0 Å². The second kappa shape index (κ2) is 7.49. The molecule has 0 aromatic carbocycles. The highest BCUT2D eigenvalue weighted by Gasteiger charge is 2.43. The molecule has 4 heterocycles. The molecule has 0 spiro atoms. The molecule has 2 N–H and O–H groups in total. The number of hydrogen-bond donors (Lipinski definition) is 2. The first-order chi connectivity index (χ1) is 15.6. The first-order valence-corrected chi connectivity index (χ1v) is 10.6. The van der Waals surface area contributed by atoms with E-state index in [1.165, 1.54) is 12.3 Å². The van der Waals surface area contributed by atoms with Crippen LogP contribution >= 0.6 is 23.2 Å². The van der Waals surface area contributed by atoms with Crippen molar-refractivity contribution in [1.29, 1.82) is 0 Å². The number of hydrogen-bond acceptors (Lipinski definition) is 7. The predicted molar refractivity (Wildman–Crippen MR) is 118 cm³/mol. The summed E-state index contributed by atoms with van der Waals surface area (Å²) in [5, 5.41) is 24.3. The van der Waals surface area contributed by atoms with E-state index in [0.29, 0.717) is 22.9 Å². The smallest absolute Gasteiger partial charge is 0.358 e. The van der Waals surface area contributed by atoms with E-state index in [-0.39, 0.29) is 27.9 Å². The molecule has 168 valence electrons. The molecule has 1 amide bonds. The number of anilines is 1. The lowest BCUT2D eigenvalue weighted by molar-refractivity contribution is -0.117. The van der Waals surface area contributed by atoms with Gasteiger partial charge in [0.25, 0.3) is 0 Å². The molecule has 1 unspecified atom stereocenters. The molecule has 0 bridgehead atoms. The summed E-state index contributed by atoms with van der Waals surface area (Å²) in [5.41, 5.74) is 2.10. The highest BCUT2D eigenvalue weighted by molar-refractivity contribution is 6.32. The van der Waals surface area contributed by atoms with Gasteiger partial charge in [0.1, 0.15) is 0 Å². The molecule has 33 heavy (non-hydrogen) atoms. The highest BCUT2D eigenvalue weighted by Crippen LogP contribution is 2.46. The molecule has 0 saturated heterocycles. The lowest BCUT2D eigenvalue weighted by Crippen LogP contribution is -2.21. The normalized spacial score (nSPS) is 16.7. The molecule has 0 radical (unpaired) electrons. The van der Waals surface area contributed by atoms with Crippen LogP contribution in [-0.2, 0) is 10.2 Å². The third-order valence-electron chi connectivity index (χ3n) is 5.52. The van der Waals surface area contributed by atoms with Crippen molar-refractivity contribution in [3.05, 3.63) is 57.9 Å². The molecule has 0 aliphatic heterocycles. The lowest BCUT2D eigenvalue weighted by Gasteiger charge is -2.19. The topological polar surface area (TPSA) is 140 Å². The molecule has 1 atom stereocenters. The summed E-state index contributed by atoms with van der Waals surface area (Å²) in [4.78, 5) is 33.8. The van der Waals surface area contributed by atoms with Crippen LogP contribution in [0.25, 0.3) is 11.5 Å². The minimum absolute atomic E-state index is 0.136. The number of amides is 1. The monoisotopic (exact) mass is 486 g/mol. The molecule has 4 aromatic rings. The Morgan fingerprint density at radius 3 is 2.64 bits per heavy atom. The Labute approximate surface area is 196 Å². The van der Waals surface area contributed by atoms with Gasteiger partial charge in [-0.25, -0.2) is 19.3 Å². The minimum Gasteiger partial charge on any atom is -0.476 e. The molecular formula is C20H16Cl2N8O3. The van der Waals surface area contributed by atoms with Gasteiger partial charge in [0.05, 0.1) is 34.7 Å². The Bertz CT molecular complexity index is 1440. The number of carboxylic acid groups (broad SMARTS) is 1. The number of halogens is 2. The van der Waals surface area contributed by atoms with Crippen LogP contribution in [0.15, 0.2) is 30.7 Å². The number of aromatic nitrogens is 7. The largest absolute Gasteiger partial charge is 0.476 e. The molecule has 0 saturated carbocycles. The number of fused-ring (bicyclic) bond motifs is 3. The summed E-state index contributed by atoms with van der Waals surface area (Å²) in [5.74, 6) is -1.78. The first kappa shape index (κ1) is 21.3. The van der Waals surface area contributed by atoms with Crippen molar-refractivity contribution in [3.63, 3.8) is 0 Å². The number of carbonyl (C=O) groups excluding carboxylic acids is 1. The Morgan fingerprint density at radius 2 is 1.94 bits per heavy atom. The third-order valence-corrected chi connectivity index (χ3v) is 5.98. The van der Waals surface area contributed by atoms with Gasteiger partial charge >= 0.3 is 5.97 Å². The fourth-order valence-electron chi connectivity index (χ4n) is 4.14. The number of nitrogens with one attached hydrogen (secondary N) is 1. The Hall–Kier alpha value is -3.57. The van der Waals surface area contributed by atoms with Gasteiger partial charge in [-0.05, 0) is 12.5 Å². The maximum absolute atomic E-state index is 13.2. The predicted octanol–water partition coefficient (Wildman–Crippen LogP) is 3.11. The summed E-state index contributed by atoms with van der Waals surface area (Å²) < 4.78 is 1.70. The SMILES string of the molecule is CC1(C)CC(C(=O)Nc2cnc(-n3ncc(C(=O)O)n3)c(Cl)c2)c2cnc3cc(Cl)nn3c21. The zero-order valence-corrected chi connectivity index (χ0v) is 18.8. The lowest BCUT2D eigenvalue weighted by atomic mass is 9.88. The quantitative estimate of drug-likeness (QED) is 0.448. The van der Waals surface area contributed by atoms with Crippen LogP contribution in [-0.4, -0.2) is 51.6 Å². The van der Waals surface area contributed by atoms with Crippen LogP contribution in [0.3, 0.4) is 0 Å². The van der Waals surface area contributed by atoms with Gasteiger partial charge in [-0.1, -0.05) is 37.0 Å². The number of rotatable bonds is 4. The first-order valence-electron chi connectivity index (χ1n) is 9.81. The molecule has 1 aliphatic rings.